The standard InChI is InChI=1S/C20H21FN6O3/c1-13-12-18(30)27-19(22-13)23-20(24-27)26-10-8-25(9-11-26)17(29)7-6-16(28)14-2-4-15(21)5-3-14/h2-5,12H,6-11H2,1H3,(H,22,23,24). The number of nitrogens with one attached hydrogen (secondary N) is 1. The van der Waals surface area contributed by atoms with Gasteiger partial charge in [0.25, 0.3) is 11.3 Å². The smallest absolute Gasteiger partial charge is 0.274 e. The van der Waals surface area contributed by atoms with Gasteiger partial charge in [-0.3, -0.25) is 19.5 Å². The van der Waals surface area contributed by atoms with Crippen LogP contribution in [-0.2, 0) is 4.79 Å². The van der Waals surface area contributed by atoms with Crippen molar-refractivity contribution in [2.75, 3.05) is 31.1 Å². The van der Waals surface area contributed by atoms with E-state index in [9.17, 15) is 18.8 Å². The summed E-state index contributed by atoms with van der Waals surface area (Å²) in [7, 11) is 0. The first kappa shape index (κ1) is 19.7. The monoisotopic (exact) mass is 412 g/mol. The highest BCUT2D eigenvalue weighted by molar-refractivity contribution is 5.97. The topological polar surface area (TPSA) is 104 Å². The molecule has 9 nitrogen and oxygen atoms in total. The molecule has 156 valence electrons. The predicted octanol–water partition coefficient (Wildman–Crippen LogP) is 1.18. The Morgan fingerprint density at radius 2 is 1.77 bits per heavy atom. The summed E-state index contributed by atoms with van der Waals surface area (Å²) < 4.78 is 14.2. The molecule has 4 rings (SSSR count). The highest BCUT2D eigenvalue weighted by Crippen LogP contribution is 2.14. The molecule has 2 aromatic heterocycles. The fourth-order valence-electron chi connectivity index (χ4n) is 3.45. The summed E-state index contributed by atoms with van der Waals surface area (Å²) in [5.74, 6) is 0.165. The molecule has 0 bridgehead atoms. The average molecular weight is 412 g/mol. The molecule has 0 radical (unpaired) electrons. The number of nitrogens with zero attached hydrogens (tertiary/aromatic N) is 5. The van der Waals surface area contributed by atoms with Crippen LogP contribution in [0.2, 0.25) is 0 Å². The maximum absolute atomic E-state index is 13.0. The molecule has 0 aliphatic carbocycles. The average Bonchev–Trinajstić information content (AvgIpc) is 3.17. The molecule has 0 saturated carbocycles. The van der Waals surface area contributed by atoms with Gasteiger partial charge in [-0.05, 0) is 31.2 Å². The second-order valence-corrected chi connectivity index (χ2v) is 7.22. The van der Waals surface area contributed by atoms with Crippen LogP contribution in [0.1, 0.15) is 28.9 Å². The van der Waals surface area contributed by atoms with Crippen molar-refractivity contribution in [1.82, 2.24) is 24.5 Å². The van der Waals surface area contributed by atoms with Gasteiger partial charge in [-0.2, -0.15) is 9.50 Å². The van der Waals surface area contributed by atoms with Gasteiger partial charge >= 0.3 is 0 Å². The van der Waals surface area contributed by atoms with Crippen LogP contribution < -0.4 is 10.5 Å². The number of aromatic nitrogens is 4. The highest BCUT2D eigenvalue weighted by atomic mass is 19.1. The number of amides is 1. The molecular formula is C20H21FN6O3. The number of benzene rings is 1. The number of aromatic amines is 1. The Balaban J connectivity index is 1.32. The first-order chi connectivity index (χ1) is 14.4. The van der Waals surface area contributed by atoms with E-state index < -0.39 is 5.82 Å². The molecule has 3 aromatic rings. The maximum Gasteiger partial charge on any atom is 0.274 e. The SMILES string of the molecule is Cc1cc(=O)n2[nH]c(N3CCN(C(=O)CCC(=O)c4ccc(F)cc4)CC3)nc2n1. The molecule has 1 fully saturated rings. The lowest BCUT2D eigenvalue weighted by Crippen LogP contribution is -2.49. The Morgan fingerprint density at radius 1 is 1.07 bits per heavy atom. The Morgan fingerprint density at radius 3 is 2.47 bits per heavy atom. The van der Waals surface area contributed by atoms with Crippen LogP contribution in [0, 0.1) is 12.7 Å². The van der Waals surface area contributed by atoms with Crippen LogP contribution in [-0.4, -0.2) is 62.4 Å². The van der Waals surface area contributed by atoms with Crippen molar-refractivity contribution in [3.05, 3.63) is 57.8 Å². The zero-order valence-electron chi connectivity index (χ0n) is 16.5. The van der Waals surface area contributed by atoms with E-state index in [0.717, 1.165) is 0 Å². The fourth-order valence-corrected chi connectivity index (χ4v) is 3.45. The molecular weight excluding hydrogens is 391 g/mol. The minimum absolute atomic E-state index is 0.0855. The summed E-state index contributed by atoms with van der Waals surface area (Å²) in [4.78, 5) is 48.9. The van der Waals surface area contributed by atoms with E-state index in [-0.39, 0.29) is 30.1 Å². The number of anilines is 1. The number of piperazine rings is 1. The fraction of sp³-hybridized carbons (Fsp3) is 0.350. The van der Waals surface area contributed by atoms with Crippen molar-refractivity contribution < 1.29 is 14.0 Å². The largest absolute Gasteiger partial charge is 0.339 e. The molecule has 1 saturated heterocycles. The Labute approximate surface area is 171 Å². The summed E-state index contributed by atoms with van der Waals surface area (Å²) in [6, 6.07) is 6.75. The Kier molecular flexibility index (Phi) is 5.30. The molecule has 1 aliphatic heterocycles. The van der Waals surface area contributed by atoms with E-state index in [1.807, 2.05) is 4.90 Å². The van der Waals surface area contributed by atoms with E-state index in [1.54, 1.807) is 11.8 Å². The van der Waals surface area contributed by atoms with Gasteiger partial charge in [0.1, 0.15) is 5.82 Å². The van der Waals surface area contributed by atoms with Crippen LogP contribution in [0.3, 0.4) is 0 Å². The number of fused-ring (bicyclic) bond motifs is 1. The minimum atomic E-state index is -0.402. The van der Waals surface area contributed by atoms with Crippen LogP contribution in [0.5, 0.6) is 0 Å². The number of carbonyl (C=O) groups excluding carboxylic acids is 2. The van der Waals surface area contributed by atoms with Crippen LogP contribution in [0.25, 0.3) is 5.78 Å². The van der Waals surface area contributed by atoms with E-state index in [2.05, 4.69) is 15.1 Å². The van der Waals surface area contributed by atoms with E-state index in [1.165, 1.54) is 34.8 Å². The van der Waals surface area contributed by atoms with Gasteiger partial charge in [0.2, 0.25) is 11.9 Å². The number of rotatable bonds is 5. The lowest BCUT2D eigenvalue weighted by molar-refractivity contribution is -0.131. The quantitative estimate of drug-likeness (QED) is 0.631. The van der Waals surface area contributed by atoms with Gasteiger partial charge in [-0.25, -0.2) is 9.37 Å². The van der Waals surface area contributed by atoms with Crippen molar-refractivity contribution in [2.24, 2.45) is 0 Å². The van der Waals surface area contributed by atoms with Crippen LogP contribution in [0.15, 0.2) is 35.1 Å². The molecule has 0 spiro atoms. The summed E-state index contributed by atoms with van der Waals surface area (Å²) in [6.45, 7) is 3.81. The number of aryl methyl sites for hydroxylation is 1. The highest BCUT2D eigenvalue weighted by Gasteiger charge is 2.24. The van der Waals surface area contributed by atoms with Crippen molar-refractivity contribution in [1.29, 1.82) is 0 Å². The molecule has 30 heavy (non-hydrogen) atoms. The summed E-state index contributed by atoms with van der Waals surface area (Å²) in [5, 5.41) is 2.95. The summed E-state index contributed by atoms with van der Waals surface area (Å²) in [5.41, 5.74) is 0.775. The van der Waals surface area contributed by atoms with Gasteiger partial charge in [0, 0.05) is 56.3 Å². The van der Waals surface area contributed by atoms with Crippen LogP contribution in [0.4, 0.5) is 10.3 Å². The second-order valence-electron chi connectivity index (χ2n) is 7.22. The van der Waals surface area contributed by atoms with Gasteiger partial charge in [-0.1, -0.05) is 0 Å². The number of carbonyl (C=O) groups is 2. The lowest BCUT2D eigenvalue weighted by Gasteiger charge is -2.34. The van der Waals surface area contributed by atoms with Gasteiger partial charge < -0.3 is 9.80 Å². The first-order valence-corrected chi connectivity index (χ1v) is 9.68. The van der Waals surface area contributed by atoms with Crippen molar-refractivity contribution in [3.63, 3.8) is 0 Å². The third-order valence-electron chi connectivity index (χ3n) is 5.11. The van der Waals surface area contributed by atoms with Crippen molar-refractivity contribution in [2.45, 2.75) is 19.8 Å². The van der Waals surface area contributed by atoms with Gasteiger partial charge in [0.05, 0.1) is 0 Å². The zero-order valence-corrected chi connectivity index (χ0v) is 16.5. The third-order valence-corrected chi connectivity index (χ3v) is 5.11. The van der Waals surface area contributed by atoms with Crippen LogP contribution >= 0.6 is 0 Å². The number of ketones is 1. The van der Waals surface area contributed by atoms with Gasteiger partial charge in [0.15, 0.2) is 5.78 Å². The molecule has 0 atom stereocenters. The molecule has 10 heteroatoms. The van der Waals surface area contributed by atoms with Crippen molar-refractivity contribution in [3.8, 4) is 0 Å². The molecule has 1 N–H and O–H groups in total. The molecule has 1 amide bonds. The number of hydrogen-bond acceptors (Lipinski definition) is 6. The van der Waals surface area contributed by atoms with Gasteiger partial charge in [-0.15, -0.1) is 0 Å². The third kappa shape index (κ3) is 4.07. The minimum Gasteiger partial charge on any atom is -0.339 e. The zero-order chi connectivity index (χ0) is 21.3. The van der Waals surface area contributed by atoms with E-state index in [4.69, 9.17) is 0 Å². The normalized spacial score (nSPS) is 14.3. The summed E-state index contributed by atoms with van der Waals surface area (Å²) >= 11 is 0. The number of halogens is 1. The maximum atomic E-state index is 13.0. The molecule has 1 aliphatic rings. The first-order valence-electron chi connectivity index (χ1n) is 9.68. The molecule has 1 aromatic carbocycles. The molecule has 3 heterocycles. The number of Topliss-reactive ketones (excluding diaryl/α,β-unsaturated/α-hetero) is 1. The van der Waals surface area contributed by atoms with Crippen molar-refractivity contribution >= 4 is 23.4 Å². The second kappa shape index (κ2) is 8.05. The number of H-pyrrole nitrogens is 1. The van der Waals surface area contributed by atoms with E-state index >= 15 is 0 Å². The number of hydrogen-bond donors (Lipinski definition) is 1. The molecule has 0 unspecified atom stereocenters. The summed E-state index contributed by atoms with van der Waals surface area (Å²) in [6.07, 6.45) is 0.196. The predicted molar refractivity (Wildman–Crippen MR) is 107 cm³/mol. The Hall–Kier alpha value is -3.56. The van der Waals surface area contributed by atoms with E-state index in [0.29, 0.717) is 49.2 Å². The Bertz CT molecular complexity index is 1150. The lowest BCUT2D eigenvalue weighted by atomic mass is 10.1.